The zero-order valence-electron chi connectivity index (χ0n) is 13.8. The van der Waals surface area contributed by atoms with Gasteiger partial charge in [-0.05, 0) is 30.3 Å². The van der Waals surface area contributed by atoms with Crippen LogP contribution in [0.5, 0.6) is 0 Å². The number of para-hydroxylation sites is 1. The second-order valence-corrected chi connectivity index (χ2v) is 7.80. The summed E-state index contributed by atoms with van der Waals surface area (Å²) >= 11 is 0. The Hall–Kier alpha value is -2.77. The molecule has 0 bridgehead atoms. The number of anilines is 1. The van der Waals surface area contributed by atoms with Crippen LogP contribution in [-0.2, 0) is 10.0 Å². The molecule has 0 unspecified atom stereocenters. The second-order valence-electron chi connectivity index (χ2n) is 5.65. The lowest BCUT2D eigenvalue weighted by Gasteiger charge is -2.12. The van der Waals surface area contributed by atoms with Crippen LogP contribution in [0.25, 0.3) is 10.9 Å². The van der Waals surface area contributed by atoms with E-state index < -0.39 is 15.9 Å². The highest BCUT2D eigenvalue weighted by atomic mass is 32.2. The fourth-order valence-corrected chi connectivity index (χ4v) is 3.36. The molecule has 0 aliphatic rings. The fraction of sp³-hybridized carbons (Fsp3) is 0.111. The predicted molar refractivity (Wildman–Crippen MR) is 97.0 cm³/mol. The van der Waals surface area contributed by atoms with Crippen molar-refractivity contribution in [2.24, 2.45) is 0 Å². The molecule has 3 rings (SSSR count). The van der Waals surface area contributed by atoms with Gasteiger partial charge in [0.05, 0.1) is 16.1 Å². The Balaban J connectivity index is 1.94. The third-order valence-corrected chi connectivity index (χ3v) is 5.57. The normalized spacial score (nSPS) is 11.6. The molecule has 0 aliphatic carbocycles. The number of hydrogen-bond donors (Lipinski definition) is 1. The Bertz CT molecular complexity index is 1040. The maximum Gasteiger partial charge on any atom is 0.255 e. The van der Waals surface area contributed by atoms with Gasteiger partial charge in [-0.2, -0.15) is 0 Å². The highest BCUT2D eigenvalue weighted by molar-refractivity contribution is 7.89. The van der Waals surface area contributed by atoms with Crippen LogP contribution in [0.3, 0.4) is 0 Å². The van der Waals surface area contributed by atoms with Crippen LogP contribution in [0.2, 0.25) is 0 Å². The van der Waals surface area contributed by atoms with Gasteiger partial charge in [0.2, 0.25) is 10.0 Å². The van der Waals surface area contributed by atoms with Crippen molar-refractivity contribution in [3.05, 3.63) is 66.4 Å². The molecular formula is C18H17N3O3S. The molecule has 128 valence electrons. The molecule has 0 fully saturated rings. The second kappa shape index (κ2) is 6.62. The first-order valence-corrected chi connectivity index (χ1v) is 9.01. The average Bonchev–Trinajstić information content (AvgIpc) is 2.62. The van der Waals surface area contributed by atoms with E-state index in [1.807, 2.05) is 24.3 Å². The van der Waals surface area contributed by atoms with Gasteiger partial charge in [-0.3, -0.25) is 9.78 Å². The summed E-state index contributed by atoms with van der Waals surface area (Å²) in [5.74, 6) is -0.394. The number of rotatable bonds is 4. The summed E-state index contributed by atoms with van der Waals surface area (Å²) in [6.07, 6.45) is 1.66. The number of fused-ring (bicyclic) bond motifs is 1. The van der Waals surface area contributed by atoms with E-state index in [4.69, 9.17) is 0 Å². The Morgan fingerprint density at radius 3 is 2.52 bits per heavy atom. The zero-order chi connectivity index (χ0) is 18.0. The van der Waals surface area contributed by atoms with E-state index in [0.717, 1.165) is 9.69 Å². The molecule has 0 aliphatic heterocycles. The van der Waals surface area contributed by atoms with E-state index in [1.54, 1.807) is 24.4 Å². The topological polar surface area (TPSA) is 79.4 Å². The molecule has 7 heteroatoms. The molecule has 0 radical (unpaired) electrons. The standard InChI is InChI=1S/C18H17N3O3S/c1-21(2)25(23,24)15-9-3-7-14(12-15)18(22)20-16-10-4-6-13-8-5-11-19-17(13)16/h3-12H,1-2H3,(H,20,22). The van der Waals surface area contributed by atoms with Crippen molar-refractivity contribution in [2.75, 3.05) is 19.4 Å². The summed E-state index contributed by atoms with van der Waals surface area (Å²) in [5.41, 5.74) is 1.51. The van der Waals surface area contributed by atoms with Crippen LogP contribution in [-0.4, -0.2) is 37.7 Å². The van der Waals surface area contributed by atoms with E-state index >= 15 is 0 Å². The predicted octanol–water partition coefficient (Wildman–Crippen LogP) is 2.74. The van der Waals surface area contributed by atoms with Gasteiger partial charge in [-0.1, -0.05) is 24.3 Å². The molecule has 1 heterocycles. The maximum absolute atomic E-state index is 12.6. The van der Waals surface area contributed by atoms with E-state index in [9.17, 15) is 13.2 Å². The third-order valence-electron chi connectivity index (χ3n) is 3.76. The summed E-state index contributed by atoms with van der Waals surface area (Å²) < 4.78 is 25.6. The van der Waals surface area contributed by atoms with Crippen molar-refractivity contribution in [1.29, 1.82) is 0 Å². The van der Waals surface area contributed by atoms with Crippen LogP contribution in [0.15, 0.2) is 65.7 Å². The van der Waals surface area contributed by atoms with Crippen molar-refractivity contribution in [3.63, 3.8) is 0 Å². The van der Waals surface area contributed by atoms with E-state index in [2.05, 4.69) is 10.3 Å². The summed E-state index contributed by atoms with van der Waals surface area (Å²) in [5, 5.41) is 3.71. The number of benzene rings is 2. The largest absolute Gasteiger partial charge is 0.320 e. The Morgan fingerprint density at radius 1 is 1.04 bits per heavy atom. The van der Waals surface area contributed by atoms with Gasteiger partial charge in [-0.25, -0.2) is 12.7 Å². The average molecular weight is 355 g/mol. The lowest BCUT2D eigenvalue weighted by atomic mass is 10.1. The number of sulfonamides is 1. The van der Waals surface area contributed by atoms with Crippen molar-refractivity contribution >= 4 is 32.5 Å². The number of nitrogens with one attached hydrogen (secondary N) is 1. The van der Waals surface area contributed by atoms with Gasteiger partial charge in [-0.15, -0.1) is 0 Å². The number of carbonyl (C=O) groups is 1. The van der Waals surface area contributed by atoms with E-state index in [0.29, 0.717) is 11.2 Å². The number of hydrogen-bond acceptors (Lipinski definition) is 4. The van der Waals surface area contributed by atoms with Crippen molar-refractivity contribution in [2.45, 2.75) is 4.90 Å². The van der Waals surface area contributed by atoms with E-state index in [-0.39, 0.29) is 10.5 Å². The molecule has 6 nitrogen and oxygen atoms in total. The van der Waals surface area contributed by atoms with Crippen molar-refractivity contribution in [1.82, 2.24) is 9.29 Å². The van der Waals surface area contributed by atoms with Gasteiger partial charge in [0.15, 0.2) is 0 Å². The molecule has 1 amide bonds. The van der Waals surface area contributed by atoms with Crippen LogP contribution in [0, 0.1) is 0 Å². The lowest BCUT2D eigenvalue weighted by Crippen LogP contribution is -2.22. The smallest absolute Gasteiger partial charge is 0.255 e. The zero-order valence-corrected chi connectivity index (χ0v) is 14.6. The molecule has 1 aromatic heterocycles. The number of nitrogens with zero attached hydrogens (tertiary/aromatic N) is 2. The molecule has 0 spiro atoms. The van der Waals surface area contributed by atoms with Gasteiger partial charge in [0.1, 0.15) is 0 Å². The number of aromatic nitrogens is 1. The highest BCUT2D eigenvalue weighted by Gasteiger charge is 2.19. The molecular weight excluding hydrogens is 338 g/mol. The van der Waals surface area contributed by atoms with Crippen LogP contribution in [0.4, 0.5) is 5.69 Å². The monoisotopic (exact) mass is 355 g/mol. The minimum absolute atomic E-state index is 0.0706. The molecule has 2 aromatic carbocycles. The first-order chi connectivity index (χ1) is 11.9. The Labute approximate surface area is 146 Å². The van der Waals surface area contributed by atoms with Crippen LogP contribution >= 0.6 is 0 Å². The van der Waals surface area contributed by atoms with Crippen LogP contribution in [0.1, 0.15) is 10.4 Å². The summed E-state index contributed by atoms with van der Waals surface area (Å²) in [7, 11) is -0.703. The van der Waals surface area contributed by atoms with E-state index in [1.165, 1.54) is 26.2 Å². The number of amides is 1. The molecule has 1 N–H and O–H groups in total. The molecule has 3 aromatic rings. The molecule has 25 heavy (non-hydrogen) atoms. The summed E-state index contributed by atoms with van der Waals surface area (Å²) in [6, 6.07) is 15.2. The van der Waals surface area contributed by atoms with Crippen molar-refractivity contribution in [3.8, 4) is 0 Å². The minimum Gasteiger partial charge on any atom is -0.320 e. The third kappa shape index (κ3) is 3.38. The molecule has 0 atom stereocenters. The Morgan fingerprint density at radius 2 is 1.76 bits per heavy atom. The molecule has 0 saturated carbocycles. The molecule has 0 saturated heterocycles. The number of pyridine rings is 1. The van der Waals surface area contributed by atoms with Gasteiger partial charge in [0, 0.05) is 31.2 Å². The van der Waals surface area contributed by atoms with Crippen LogP contribution < -0.4 is 5.32 Å². The van der Waals surface area contributed by atoms with Crippen molar-refractivity contribution < 1.29 is 13.2 Å². The van der Waals surface area contributed by atoms with Gasteiger partial charge >= 0.3 is 0 Å². The fourth-order valence-electron chi connectivity index (χ4n) is 2.41. The van der Waals surface area contributed by atoms with Gasteiger partial charge < -0.3 is 5.32 Å². The maximum atomic E-state index is 12.6. The van der Waals surface area contributed by atoms with Gasteiger partial charge in [0.25, 0.3) is 5.91 Å². The highest BCUT2D eigenvalue weighted by Crippen LogP contribution is 2.22. The SMILES string of the molecule is CN(C)S(=O)(=O)c1cccc(C(=O)Nc2cccc3cccnc23)c1. The lowest BCUT2D eigenvalue weighted by molar-refractivity contribution is 0.102. The first-order valence-electron chi connectivity index (χ1n) is 7.57. The summed E-state index contributed by atoms with van der Waals surface area (Å²) in [6.45, 7) is 0. The minimum atomic E-state index is -3.60. The quantitative estimate of drug-likeness (QED) is 0.780. The Kier molecular flexibility index (Phi) is 4.52. The number of carbonyl (C=O) groups excluding carboxylic acids is 1. The first kappa shape index (κ1) is 17.1. The summed E-state index contributed by atoms with van der Waals surface area (Å²) in [4.78, 5) is 16.9.